The fourth-order valence-electron chi connectivity index (χ4n) is 1.45. The van der Waals surface area contributed by atoms with Gasteiger partial charge in [0.05, 0.1) is 0 Å². The Labute approximate surface area is 114 Å². The van der Waals surface area contributed by atoms with Gasteiger partial charge in [-0.2, -0.15) is 0 Å². The number of nitrogens with two attached hydrogens (primary N) is 1. The molecule has 0 saturated carbocycles. The lowest BCUT2D eigenvalue weighted by Crippen LogP contribution is -2.02. The lowest BCUT2D eigenvalue weighted by Gasteiger charge is -2.10. The number of nitrogens with zero attached hydrogens (tertiary/aromatic N) is 2. The zero-order chi connectivity index (χ0) is 13.0. The van der Waals surface area contributed by atoms with Gasteiger partial charge in [0, 0.05) is 28.4 Å². The van der Waals surface area contributed by atoms with Crippen LogP contribution in [0.1, 0.15) is 5.56 Å². The molecule has 0 spiro atoms. The molecule has 18 heavy (non-hydrogen) atoms. The normalized spacial score (nSPS) is 10.6. The summed E-state index contributed by atoms with van der Waals surface area (Å²) in [7, 11) is 0. The summed E-state index contributed by atoms with van der Waals surface area (Å²) < 4.78 is 19.2. The SMILES string of the molecule is Nc1cccc(SCF)c1COc1ccn(S)n1. The Balaban J connectivity index is 2.12. The van der Waals surface area contributed by atoms with Crippen molar-refractivity contribution in [2.24, 2.45) is 0 Å². The molecule has 0 unspecified atom stereocenters. The van der Waals surface area contributed by atoms with Crippen LogP contribution >= 0.6 is 24.6 Å². The Morgan fingerprint density at radius 1 is 1.44 bits per heavy atom. The van der Waals surface area contributed by atoms with Crippen LogP contribution in [0.5, 0.6) is 5.88 Å². The van der Waals surface area contributed by atoms with Crippen molar-refractivity contribution in [3.8, 4) is 5.88 Å². The molecule has 1 aromatic heterocycles. The van der Waals surface area contributed by atoms with Crippen molar-refractivity contribution >= 4 is 30.3 Å². The van der Waals surface area contributed by atoms with Crippen molar-refractivity contribution in [1.29, 1.82) is 0 Å². The van der Waals surface area contributed by atoms with Gasteiger partial charge in [-0.05, 0) is 24.9 Å². The Hall–Kier alpha value is -1.34. The van der Waals surface area contributed by atoms with E-state index >= 15 is 0 Å². The third kappa shape index (κ3) is 3.11. The maximum absolute atomic E-state index is 12.4. The third-order valence-corrected chi connectivity index (χ3v) is 3.32. The molecule has 0 aliphatic rings. The molecule has 0 bridgehead atoms. The molecular formula is C11H12FN3OS2. The number of ether oxygens (including phenoxy) is 1. The quantitative estimate of drug-likeness (QED) is 0.504. The van der Waals surface area contributed by atoms with Crippen LogP contribution in [0.25, 0.3) is 0 Å². The number of nitrogen functional groups attached to an aromatic ring is 1. The number of thiol groups is 1. The van der Waals surface area contributed by atoms with E-state index in [1.54, 1.807) is 24.4 Å². The van der Waals surface area contributed by atoms with Gasteiger partial charge in [-0.1, -0.05) is 17.8 Å². The van der Waals surface area contributed by atoms with Crippen LogP contribution in [0.4, 0.5) is 10.1 Å². The summed E-state index contributed by atoms with van der Waals surface area (Å²) in [4.78, 5) is 0.780. The summed E-state index contributed by atoms with van der Waals surface area (Å²) in [6, 6.07) is 6.56. The molecule has 0 atom stereocenters. The Morgan fingerprint density at radius 3 is 2.94 bits per heavy atom. The van der Waals surface area contributed by atoms with E-state index in [1.165, 1.54) is 4.09 Å². The molecular weight excluding hydrogens is 273 g/mol. The van der Waals surface area contributed by atoms with Crippen LogP contribution < -0.4 is 10.5 Å². The second-order valence-corrected chi connectivity index (χ2v) is 4.80. The molecule has 0 radical (unpaired) electrons. The molecule has 1 heterocycles. The van der Waals surface area contributed by atoms with E-state index in [1.807, 2.05) is 6.07 Å². The van der Waals surface area contributed by atoms with E-state index < -0.39 is 6.01 Å². The average Bonchev–Trinajstić information content (AvgIpc) is 2.75. The maximum Gasteiger partial charge on any atom is 0.234 e. The molecule has 0 amide bonds. The molecule has 0 aliphatic carbocycles. The zero-order valence-corrected chi connectivity index (χ0v) is 11.1. The highest BCUT2D eigenvalue weighted by atomic mass is 32.2. The predicted octanol–water partition coefficient (Wildman–Crippen LogP) is 2.76. The summed E-state index contributed by atoms with van der Waals surface area (Å²) in [6.45, 7) is 0.250. The first kappa shape index (κ1) is 13.1. The lowest BCUT2D eigenvalue weighted by molar-refractivity contribution is 0.291. The second kappa shape index (κ2) is 6.01. The maximum atomic E-state index is 12.4. The Bertz CT molecular complexity index is 533. The van der Waals surface area contributed by atoms with Gasteiger partial charge in [0.2, 0.25) is 5.88 Å². The number of thioether (sulfide) groups is 1. The number of anilines is 1. The monoisotopic (exact) mass is 285 g/mol. The van der Waals surface area contributed by atoms with Crippen molar-refractivity contribution in [2.45, 2.75) is 11.5 Å². The Morgan fingerprint density at radius 2 is 2.28 bits per heavy atom. The van der Waals surface area contributed by atoms with Crippen molar-refractivity contribution in [2.75, 3.05) is 11.7 Å². The molecule has 2 N–H and O–H groups in total. The van der Waals surface area contributed by atoms with Gasteiger partial charge in [-0.15, -0.1) is 5.10 Å². The van der Waals surface area contributed by atoms with Crippen molar-refractivity contribution < 1.29 is 9.13 Å². The summed E-state index contributed by atoms with van der Waals surface area (Å²) >= 11 is 5.10. The summed E-state index contributed by atoms with van der Waals surface area (Å²) in [5, 5.41) is 3.97. The fraction of sp³-hybridized carbons (Fsp3) is 0.182. The molecule has 1 aromatic carbocycles. The van der Waals surface area contributed by atoms with E-state index in [9.17, 15) is 4.39 Å². The highest BCUT2D eigenvalue weighted by molar-refractivity contribution is 7.99. The largest absolute Gasteiger partial charge is 0.472 e. The first-order valence-corrected chi connectivity index (χ1v) is 6.53. The number of hydrogen-bond acceptors (Lipinski definition) is 5. The summed E-state index contributed by atoms with van der Waals surface area (Å²) in [5.74, 6) is 0.449. The second-order valence-electron chi connectivity index (χ2n) is 3.44. The number of benzene rings is 1. The van der Waals surface area contributed by atoms with Gasteiger partial charge < -0.3 is 10.5 Å². The summed E-state index contributed by atoms with van der Waals surface area (Å²) in [6.07, 6.45) is 1.66. The van der Waals surface area contributed by atoms with Gasteiger partial charge in [0.25, 0.3) is 0 Å². The molecule has 2 rings (SSSR count). The third-order valence-electron chi connectivity index (χ3n) is 2.30. The molecule has 0 aliphatic heterocycles. The fourth-order valence-corrected chi connectivity index (χ4v) is 2.25. The van der Waals surface area contributed by atoms with Crippen LogP contribution in [-0.2, 0) is 6.61 Å². The molecule has 0 saturated heterocycles. The summed E-state index contributed by atoms with van der Waals surface area (Å²) in [5.41, 5.74) is 7.22. The number of halogens is 1. The smallest absolute Gasteiger partial charge is 0.234 e. The van der Waals surface area contributed by atoms with Crippen molar-refractivity contribution in [3.63, 3.8) is 0 Å². The average molecular weight is 285 g/mol. The van der Waals surface area contributed by atoms with Gasteiger partial charge >= 0.3 is 0 Å². The predicted molar refractivity (Wildman–Crippen MR) is 73.6 cm³/mol. The van der Waals surface area contributed by atoms with Crippen LogP contribution in [0.15, 0.2) is 35.4 Å². The minimum Gasteiger partial charge on any atom is -0.472 e. The van der Waals surface area contributed by atoms with Crippen LogP contribution in [-0.4, -0.2) is 15.2 Å². The first-order valence-electron chi connectivity index (χ1n) is 5.14. The molecule has 96 valence electrons. The zero-order valence-electron chi connectivity index (χ0n) is 9.41. The van der Waals surface area contributed by atoms with Crippen molar-refractivity contribution in [3.05, 3.63) is 36.0 Å². The minimum absolute atomic E-state index is 0.250. The molecule has 0 fully saturated rings. The van der Waals surface area contributed by atoms with E-state index in [0.29, 0.717) is 11.6 Å². The minimum atomic E-state index is -0.498. The number of hydrogen-bond donors (Lipinski definition) is 2. The van der Waals surface area contributed by atoms with Crippen LogP contribution in [0.2, 0.25) is 0 Å². The highest BCUT2D eigenvalue weighted by Gasteiger charge is 2.08. The standard InChI is InChI=1S/C11H12FN3OS2/c12-7-18-10-3-1-2-9(13)8(10)6-16-11-4-5-15(17)14-11/h1-5,17H,6-7,13H2. The van der Waals surface area contributed by atoms with Gasteiger partial charge in [0.1, 0.15) is 12.6 Å². The van der Waals surface area contributed by atoms with Gasteiger partial charge in [0.15, 0.2) is 0 Å². The van der Waals surface area contributed by atoms with Gasteiger partial charge in [-0.3, -0.25) is 0 Å². The number of alkyl halides is 1. The first-order chi connectivity index (χ1) is 8.70. The van der Waals surface area contributed by atoms with E-state index in [4.69, 9.17) is 10.5 Å². The van der Waals surface area contributed by atoms with Crippen LogP contribution in [0.3, 0.4) is 0 Å². The molecule has 7 heteroatoms. The topological polar surface area (TPSA) is 53.1 Å². The number of rotatable bonds is 5. The van der Waals surface area contributed by atoms with Crippen LogP contribution in [0, 0.1) is 0 Å². The molecule has 4 nitrogen and oxygen atoms in total. The highest BCUT2D eigenvalue weighted by Crippen LogP contribution is 2.28. The Kier molecular flexibility index (Phi) is 4.38. The van der Waals surface area contributed by atoms with E-state index in [2.05, 4.69) is 17.9 Å². The lowest BCUT2D eigenvalue weighted by atomic mass is 10.2. The van der Waals surface area contributed by atoms with E-state index in [-0.39, 0.29) is 6.61 Å². The number of aromatic nitrogens is 2. The molecule has 2 aromatic rings. The van der Waals surface area contributed by atoms with Gasteiger partial charge in [-0.25, -0.2) is 8.48 Å². The van der Waals surface area contributed by atoms with E-state index in [0.717, 1.165) is 22.2 Å². The van der Waals surface area contributed by atoms with Crippen molar-refractivity contribution in [1.82, 2.24) is 9.19 Å².